The lowest BCUT2D eigenvalue weighted by Gasteiger charge is -2.33. The van der Waals surface area contributed by atoms with Crippen molar-refractivity contribution >= 4 is 11.8 Å². The third kappa shape index (κ3) is 7.21. The molecule has 2 aromatic carbocycles. The Labute approximate surface area is 226 Å². The highest BCUT2D eigenvalue weighted by Crippen LogP contribution is 2.26. The highest BCUT2D eigenvalue weighted by Gasteiger charge is 2.23. The lowest BCUT2D eigenvalue weighted by Crippen LogP contribution is -2.40. The van der Waals surface area contributed by atoms with Gasteiger partial charge in [0.25, 0.3) is 0 Å². The summed E-state index contributed by atoms with van der Waals surface area (Å²) in [6, 6.07) is 22.9. The van der Waals surface area contributed by atoms with Gasteiger partial charge in [0.05, 0.1) is 19.1 Å². The lowest BCUT2D eigenvalue weighted by atomic mass is 9.94. The minimum Gasteiger partial charge on any atom is -0.481 e. The molecule has 0 unspecified atom stereocenters. The van der Waals surface area contributed by atoms with Gasteiger partial charge in [-0.05, 0) is 79.9 Å². The second-order valence-corrected chi connectivity index (χ2v) is 10.6. The summed E-state index contributed by atoms with van der Waals surface area (Å²) < 4.78 is 6.35. The summed E-state index contributed by atoms with van der Waals surface area (Å²) in [6.07, 6.45) is 6.73. The van der Waals surface area contributed by atoms with E-state index in [4.69, 9.17) is 9.72 Å². The third-order valence-corrected chi connectivity index (χ3v) is 7.76. The van der Waals surface area contributed by atoms with Crippen LogP contribution < -0.4 is 5.32 Å². The molecule has 0 bridgehead atoms. The van der Waals surface area contributed by atoms with Crippen LogP contribution in [0.2, 0.25) is 0 Å². The molecule has 0 amide bonds. The van der Waals surface area contributed by atoms with E-state index in [1.165, 1.54) is 12.0 Å². The zero-order valence-corrected chi connectivity index (χ0v) is 22.1. The van der Waals surface area contributed by atoms with Crippen molar-refractivity contribution in [2.45, 2.75) is 57.0 Å². The van der Waals surface area contributed by atoms with E-state index in [9.17, 15) is 9.90 Å². The Bertz CT molecular complexity index is 1180. The molecule has 1 fully saturated rings. The summed E-state index contributed by atoms with van der Waals surface area (Å²) in [7, 11) is 0. The number of carboxylic acids is 1. The van der Waals surface area contributed by atoms with E-state index in [1.807, 2.05) is 18.2 Å². The van der Waals surface area contributed by atoms with E-state index >= 15 is 0 Å². The Hall–Kier alpha value is -3.22. The van der Waals surface area contributed by atoms with Crippen molar-refractivity contribution in [3.8, 4) is 11.1 Å². The SMILES string of the molecule is O=C(O)C[C@H](CO[C@@H]1CCCN(CCCc2ccc3c(n2)NCCC3)C1)c1ccc(-c2ccccc2)cc1. The lowest BCUT2D eigenvalue weighted by molar-refractivity contribution is -0.138. The van der Waals surface area contributed by atoms with Crippen molar-refractivity contribution in [2.24, 2.45) is 0 Å². The van der Waals surface area contributed by atoms with Crippen molar-refractivity contribution in [3.63, 3.8) is 0 Å². The van der Waals surface area contributed by atoms with Gasteiger partial charge in [-0.1, -0.05) is 60.7 Å². The quantitative estimate of drug-likeness (QED) is 0.339. The molecule has 1 aromatic heterocycles. The maximum Gasteiger partial charge on any atom is 0.304 e. The number of carbonyl (C=O) groups is 1. The van der Waals surface area contributed by atoms with Gasteiger partial charge in [-0.3, -0.25) is 4.79 Å². The number of aliphatic carboxylic acids is 1. The van der Waals surface area contributed by atoms with Crippen LogP contribution in [0.25, 0.3) is 11.1 Å². The number of fused-ring (bicyclic) bond motifs is 1. The van der Waals surface area contributed by atoms with Crippen LogP contribution in [0.5, 0.6) is 0 Å². The number of ether oxygens (including phenoxy) is 1. The maximum absolute atomic E-state index is 11.6. The molecule has 2 atom stereocenters. The van der Waals surface area contributed by atoms with Gasteiger partial charge >= 0.3 is 5.97 Å². The molecule has 6 nitrogen and oxygen atoms in total. The monoisotopic (exact) mass is 513 g/mol. The van der Waals surface area contributed by atoms with Crippen molar-refractivity contribution in [1.82, 2.24) is 9.88 Å². The number of likely N-dealkylation sites (tertiary alicyclic amines) is 1. The Balaban J connectivity index is 1.11. The first kappa shape index (κ1) is 26.4. The highest BCUT2D eigenvalue weighted by molar-refractivity contribution is 5.68. The Morgan fingerprint density at radius 1 is 1.05 bits per heavy atom. The number of nitrogens with one attached hydrogen (secondary N) is 1. The number of carboxylic acid groups (broad SMARTS) is 1. The van der Waals surface area contributed by atoms with Gasteiger partial charge in [-0.2, -0.15) is 0 Å². The topological polar surface area (TPSA) is 74.7 Å². The highest BCUT2D eigenvalue weighted by atomic mass is 16.5. The van der Waals surface area contributed by atoms with E-state index in [-0.39, 0.29) is 18.4 Å². The predicted molar refractivity (Wildman–Crippen MR) is 152 cm³/mol. The first-order valence-electron chi connectivity index (χ1n) is 14.1. The van der Waals surface area contributed by atoms with Crippen molar-refractivity contribution in [1.29, 1.82) is 0 Å². The van der Waals surface area contributed by atoms with Gasteiger partial charge in [0, 0.05) is 24.7 Å². The van der Waals surface area contributed by atoms with Crippen molar-refractivity contribution < 1.29 is 14.6 Å². The Morgan fingerprint density at radius 3 is 2.68 bits per heavy atom. The van der Waals surface area contributed by atoms with Crippen LogP contribution in [0, 0.1) is 0 Å². The summed E-state index contributed by atoms with van der Waals surface area (Å²) in [4.78, 5) is 18.9. The Kier molecular flexibility index (Phi) is 9.05. The average Bonchev–Trinajstić information content (AvgIpc) is 2.96. The average molecular weight is 514 g/mol. The van der Waals surface area contributed by atoms with Crippen molar-refractivity contribution in [2.75, 3.05) is 38.1 Å². The molecule has 2 aliphatic heterocycles. The largest absolute Gasteiger partial charge is 0.481 e. The normalized spacial score (nSPS) is 18.4. The maximum atomic E-state index is 11.6. The molecule has 200 valence electrons. The van der Waals surface area contributed by atoms with Gasteiger partial charge in [0.1, 0.15) is 5.82 Å². The fourth-order valence-corrected chi connectivity index (χ4v) is 5.66. The van der Waals surface area contributed by atoms with Gasteiger partial charge in [0.2, 0.25) is 0 Å². The number of anilines is 1. The molecule has 1 saturated heterocycles. The first-order valence-corrected chi connectivity index (χ1v) is 14.1. The van der Waals surface area contributed by atoms with E-state index < -0.39 is 5.97 Å². The molecule has 2 N–H and O–H groups in total. The van der Waals surface area contributed by atoms with Crippen LogP contribution in [0.4, 0.5) is 5.82 Å². The number of hydrogen-bond donors (Lipinski definition) is 2. The molecule has 0 spiro atoms. The number of rotatable bonds is 11. The summed E-state index contributed by atoms with van der Waals surface area (Å²) >= 11 is 0. The minimum atomic E-state index is -0.790. The fourth-order valence-electron chi connectivity index (χ4n) is 5.66. The smallest absolute Gasteiger partial charge is 0.304 e. The second kappa shape index (κ2) is 13.0. The van der Waals surface area contributed by atoms with Crippen LogP contribution in [0.15, 0.2) is 66.7 Å². The summed E-state index contributed by atoms with van der Waals surface area (Å²) in [5, 5.41) is 13.0. The van der Waals surface area contributed by atoms with Crippen molar-refractivity contribution in [3.05, 3.63) is 83.6 Å². The number of hydrogen-bond acceptors (Lipinski definition) is 5. The molecule has 0 radical (unpaired) electrons. The second-order valence-electron chi connectivity index (χ2n) is 10.6. The zero-order valence-electron chi connectivity index (χ0n) is 22.1. The van der Waals surface area contributed by atoms with E-state index in [0.717, 1.165) is 86.5 Å². The molecular weight excluding hydrogens is 474 g/mol. The molecule has 3 heterocycles. The first-order chi connectivity index (χ1) is 18.6. The molecule has 3 aromatic rings. The summed E-state index contributed by atoms with van der Waals surface area (Å²) in [5.41, 5.74) is 5.81. The van der Waals surface area contributed by atoms with Crippen LogP contribution >= 0.6 is 0 Å². The molecule has 6 heteroatoms. The molecule has 5 rings (SSSR count). The molecular formula is C32H39N3O3. The summed E-state index contributed by atoms with van der Waals surface area (Å²) in [5.74, 6) is 0.129. The van der Waals surface area contributed by atoms with Gasteiger partial charge in [-0.15, -0.1) is 0 Å². The number of nitrogens with zero attached hydrogens (tertiary/aromatic N) is 2. The fraction of sp³-hybridized carbons (Fsp3) is 0.438. The van der Waals surface area contributed by atoms with Crippen LogP contribution in [-0.4, -0.2) is 59.8 Å². The standard InChI is InChI=1S/C32H39N3O3/c36-31(37)21-28(26-14-12-25(13-15-26)24-7-2-1-3-8-24)23-38-30-11-6-20-35(22-30)19-5-10-29-17-16-27-9-4-18-33-32(27)34-29/h1-3,7-8,12-17,28,30H,4-6,9-11,18-23H2,(H,33,34)(H,36,37)/t28-,30-/m1/s1. The molecule has 0 saturated carbocycles. The van der Waals surface area contributed by atoms with E-state index in [1.54, 1.807) is 0 Å². The molecule has 0 aliphatic carbocycles. The molecule has 38 heavy (non-hydrogen) atoms. The number of benzene rings is 2. The van der Waals surface area contributed by atoms with Crippen LogP contribution in [0.1, 0.15) is 54.8 Å². The van der Waals surface area contributed by atoms with Crippen LogP contribution in [0.3, 0.4) is 0 Å². The van der Waals surface area contributed by atoms with Crippen LogP contribution in [-0.2, 0) is 22.4 Å². The third-order valence-electron chi connectivity index (χ3n) is 7.76. The van der Waals surface area contributed by atoms with Gasteiger partial charge in [-0.25, -0.2) is 4.98 Å². The van der Waals surface area contributed by atoms with E-state index in [2.05, 4.69) is 58.7 Å². The number of aromatic nitrogens is 1. The van der Waals surface area contributed by atoms with Gasteiger partial charge in [0.15, 0.2) is 0 Å². The predicted octanol–water partition coefficient (Wildman–Crippen LogP) is 5.78. The number of aryl methyl sites for hydroxylation is 2. The summed E-state index contributed by atoms with van der Waals surface area (Å²) in [6.45, 7) is 4.49. The Morgan fingerprint density at radius 2 is 1.87 bits per heavy atom. The minimum absolute atomic E-state index is 0.0732. The molecule has 2 aliphatic rings. The number of piperidine rings is 1. The van der Waals surface area contributed by atoms with E-state index in [0.29, 0.717) is 6.61 Å². The number of pyridine rings is 1. The zero-order chi connectivity index (χ0) is 26.2. The van der Waals surface area contributed by atoms with Gasteiger partial charge < -0.3 is 20.1 Å².